The van der Waals surface area contributed by atoms with E-state index in [2.05, 4.69) is 0 Å². The number of hydrogen-bond donors (Lipinski definition) is 0. The number of rotatable bonds is 6. The molecule has 0 heterocycles. The molecule has 8 nitrogen and oxygen atoms in total. The second-order valence-electron chi connectivity index (χ2n) is 2.59. The summed E-state index contributed by atoms with van der Waals surface area (Å²) in [6, 6.07) is 0. The molecule has 0 aromatic heterocycles. The van der Waals surface area contributed by atoms with Crippen molar-refractivity contribution in [3.63, 3.8) is 0 Å². The molecule has 0 aliphatic carbocycles. The molecule has 0 radical (unpaired) electrons. The predicted octanol–water partition coefficient (Wildman–Crippen LogP) is -0.376. The van der Waals surface area contributed by atoms with E-state index in [1.807, 2.05) is 0 Å². The smallest absolute Gasteiger partial charge is 0.159 e. The first-order valence-electron chi connectivity index (χ1n) is 3.66. The first-order chi connectivity index (χ1) is 5.95. The fraction of sp³-hybridized carbons (Fsp3) is 1.00. The summed E-state index contributed by atoms with van der Waals surface area (Å²) >= 11 is 0. The Morgan fingerprint density at radius 2 is 1.31 bits per heavy atom. The lowest BCUT2D eigenvalue weighted by atomic mass is 10.4. The minimum atomic E-state index is -0.549. The van der Waals surface area contributed by atoms with Crippen LogP contribution in [0.15, 0.2) is 0 Å². The van der Waals surface area contributed by atoms with Gasteiger partial charge in [0.05, 0.1) is 27.2 Å². The summed E-state index contributed by atoms with van der Waals surface area (Å²) in [6.07, 6.45) is 0.384. The van der Waals surface area contributed by atoms with Crippen LogP contribution in [0.4, 0.5) is 0 Å². The van der Waals surface area contributed by atoms with Gasteiger partial charge in [0.2, 0.25) is 0 Å². The topological polar surface area (TPSA) is 92.8 Å². The third-order valence-electron chi connectivity index (χ3n) is 1.52. The van der Waals surface area contributed by atoms with Crippen LogP contribution in [0.3, 0.4) is 0 Å². The maximum Gasteiger partial charge on any atom is 0.159 e. The number of hydrogen-bond acceptors (Lipinski definition) is 4. The fourth-order valence-corrected chi connectivity index (χ4v) is 0.692. The zero-order valence-corrected chi connectivity index (χ0v) is 7.54. The summed E-state index contributed by atoms with van der Waals surface area (Å²) in [6.45, 7) is 0.399. The number of nitro groups is 2. The Balaban J connectivity index is 3.56. The maximum absolute atomic E-state index is 10.1. The normalized spacial score (nSPS) is 9.38. The highest BCUT2D eigenvalue weighted by atomic mass is 16.7. The van der Waals surface area contributed by atoms with E-state index in [1.165, 1.54) is 14.1 Å². The predicted molar refractivity (Wildman–Crippen MR) is 43.9 cm³/mol. The van der Waals surface area contributed by atoms with Crippen molar-refractivity contribution in [2.24, 2.45) is 0 Å². The average Bonchev–Trinajstić information content (AvgIpc) is 2.03. The van der Waals surface area contributed by atoms with Gasteiger partial charge < -0.3 is 0 Å². The highest BCUT2D eigenvalue weighted by Gasteiger charge is 2.10. The van der Waals surface area contributed by atoms with Crippen molar-refractivity contribution >= 4 is 0 Å². The van der Waals surface area contributed by atoms with E-state index in [4.69, 9.17) is 0 Å². The van der Waals surface area contributed by atoms with Crippen LogP contribution in [0.5, 0.6) is 0 Å². The van der Waals surface area contributed by atoms with Crippen LogP contribution in [0.2, 0.25) is 0 Å². The fourth-order valence-electron chi connectivity index (χ4n) is 0.692. The van der Waals surface area contributed by atoms with Gasteiger partial charge >= 0.3 is 0 Å². The average molecular weight is 192 g/mol. The van der Waals surface area contributed by atoms with E-state index in [9.17, 15) is 20.2 Å². The molecule has 0 spiro atoms. The van der Waals surface area contributed by atoms with E-state index >= 15 is 0 Å². The summed E-state index contributed by atoms with van der Waals surface area (Å²) in [5.41, 5.74) is 0. The summed E-state index contributed by atoms with van der Waals surface area (Å²) in [4.78, 5) is 20.2. The molecule has 0 atom stereocenters. The van der Waals surface area contributed by atoms with Crippen LogP contribution in [-0.4, -0.2) is 47.3 Å². The van der Waals surface area contributed by atoms with Gasteiger partial charge in [-0.15, -0.1) is 10.0 Å². The molecule has 0 saturated carbocycles. The molecule has 0 saturated heterocycles. The van der Waals surface area contributed by atoms with Crippen LogP contribution in [0.1, 0.15) is 6.42 Å². The highest BCUT2D eigenvalue weighted by Crippen LogP contribution is 1.90. The molecular weight excluding hydrogens is 180 g/mol. The quantitative estimate of drug-likeness (QED) is 0.420. The van der Waals surface area contributed by atoms with Gasteiger partial charge in [0.1, 0.15) is 0 Å². The molecule has 0 amide bonds. The van der Waals surface area contributed by atoms with Gasteiger partial charge in [-0.2, -0.15) is 0 Å². The van der Waals surface area contributed by atoms with E-state index in [1.54, 1.807) is 0 Å². The van der Waals surface area contributed by atoms with Gasteiger partial charge in [-0.1, -0.05) is 0 Å². The molecule has 13 heavy (non-hydrogen) atoms. The number of nitrogens with zero attached hydrogens (tertiary/aromatic N) is 4. The van der Waals surface area contributed by atoms with E-state index in [-0.39, 0.29) is 13.1 Å². The van der Waals surface area contributed by atoms with Crippen molar-refractivity contribution in [3.8, 4) is 0 Å². The van der Waals surface area contributed by atoms with Gasteiger partial charge in [-0.25, -0.2) is 20.2 Å². The second kappa shape index (κ2) is 5.12. The Hall–Kier alpha value is -1.60. The van der Waals surface area contributed by atoms with Crippen molar-refractivity contribution < 1.29 is 10.1 Å². The number of hydrazine groups is 2. The van der Waals surface area contributed by atoms with Gasteiger partial charge in [0.25, 0.3) is 0 Å². The summed E-state index contributed by atoms with van der Waals surface area (Å²) in [7, 11) is 2.65. The Morgan fingerprint density at radius 1 is 1.00 bits per heavy atom. The molecule has 76 valence electrons. The van der Waals surface area contributed by atoms with Crippen molar-refractivity contribution in [2.45, 2.75) is 6.42 Å². The summed E-state index contributed by atoms with van der Waals surface area (Å²) < 4.78 is 0. The lowest BCUT2D eigenvalue weighted by molar-refractivity contribution is -0.655. The van der Waals surface area contributed by atoms with Crippen molar-refractivity contribution in [1.82, 2.24) is 10.0 Å². The van der Waals surface area contributed by atoms with Gasteiger partial charge in [0, 0.05) is 0 Å². The lowest BCUT2D eigenvalue weighted by Crippen LogP contribution is -2.31. The third kappa shape index (κ3) is 4.77. The monoisotopic (exact) mass is 192 g/mol. The van der Waals surface area contributed by atoms with E-state index in [0.717, 1.165) is 10.0 Å². The zero-order chi connectivity index (χ0) is 10.4. The largest absolute Gasteiger partial charge is 0.235 e. The van der Waals surface area contributed by atoms with Gasteiger partial charge in [-0.3, -0.25) is 0 Å². The molecule has 0 aliphatic rings. The maximum atomic E-state index is 10.1. The molecule has 0 fully saturated rings. The van der Waals surface area contributed by atoms with Crippen LogP contribution >= 0.6 is 0 Å². The van der Waals surface area contributed by atoms with Crippen molar-refractivity contribution in [1.29, 1.82) is 0 Å². The zero-order valence-electron chi connectivity index (χ0n) is 7.54. The Bertz CT molecular complexity index is 177. The second-order valence-corrected chi connectivity index (χ2v) is 2.59. The SMILES string of the molecule is CN(CCCN(C)[N+](=O)[O-])[N+](=O)[O-]. The minimum absolute atomic E-state index is 0.200. The standard InChI is InChI=1S/C5H12N4O4/c1-6(8(10)11)4-3-5-7(2)9(12)13/h3-5H2,1-2H3. The molecule has 0 aromatic carbocycles. The van der Waals surface area contributed by atoms with Gasteiger partial charge in [-0.05, 0) is 6.42 Å². The van der Waals surface area contributed by atoms with Crippen LogP contribution in [0, 0.1) is 20.2 Å². The first-order valence-corrected chi connectivity index (χ1v) is 3.66. The molecule has 0 bridgehead atoms. The van der Waals surface area contributed by atoms with E-state index in [0.29, 0.717) is 6.42 Å². The molecule has 8 heteroatoms. The van der Waals surface area contributed by atoms with Crippen molar-refractivity contribution in [3.05, 3.63) is 20.2 Å². The Labute approximate surface area is 75.0 Å². The molecular formula is C5H12N4O4. The Morgan fingerprint density at radius 3 is 1.54 bits per heavy atom. The highest BCUT2D eigenvalue weighted by molar-refractivity contribution is 4.42. The molecule has 0 N–H and O–H groups in total. The van der Waals surface area contributed by atoms with Crippen LogP contribution in [0.25, 0.3) is 0 Å². The van der Waals surface area contributed by atoms with E-state index < -0.39 is 10.1 Å². The third-order valence-corrected chi connectivity index (χ3v) is 1.52. The summed E-state index contributed by atoms with van der Waals surface area (Å²) in [5, 5.41) is 20.9. The Kier molecular flexibility index (Phi) is 4.49. The lowest BCUT2D eigenvalue weighted by Gasteiger charge is -2.10. The first kappa shape index (κ1) is 11.4. The van der Waals surface area contributed by atoms with Crippen LogP contribution in [-0.2, 0) is 0 Å². The molecule has 0 rings (SSSR count). The molecule has 0 aliphatic heterocycles. The molecule has 0 unspecified atom stereocenters. The summed E-state index contributed by atoms with van der Waals surface area (Å²) in [5.74, 6) is 0. The molecule has 0 aromatic rings. The van der Waals surface area contributed by atoms with Gasteiger partial charge in [0.15, 0.2) is 10.1 Å². The van der Waals surface area contributed by atoms with Crippen LogP contribution < -0.4 is 0 Å². The minimum Gasteiger partial charge on any atom is -0.235 e. The van der Waals surface area contributed by atoms with Crippen molar-refractivity contribution in [2.75, 3.05) is 27.2 Å².